The minimum Gasteiger partial charge on any atom is -0.351 e. The molecular formula is C50H50ClF5N10O4S3. The summed E-state index contributed by atoms with van der Waals surface area (Å²) in [7, 11) is 1.56. The lowest BCUT2D eigenvalue weighted by atomic mass is 9.87. The van der Waals surface area contributed by atoms with Crippen LogP contribution in [0.4, 0.5) is 38.3 Å². The third kappa shape index (κ3) is 13.5. The molecule has 5 amide bonds. The molecule has 2 aliphatic heterocycles. The summed E-state index contributed by atoms with van der Waals surface area (Å²) in [5.74, 6) is -5.08. The summed E-state index contributed by atoms with van der Waals surface area (Å²) in [5, 5.41) is 17.4. The average Bonchev–Trinajstić information content (AvgIpc) is 3.98. The molecule has 0 spiro atoms. The largest absolute Gasteiger partial charge is 0.351 e. The molecule has 1 saturated heterocycles. The van der Waals surface area contributed by atoms with Gasteiger partial charge in [-0.2, -0.15) is 28.9 Å². The highest BCUT2D eigenvalue weighted by Crippen LogP contribution is 2.51. The molecule has 0 bridgehead atoms. The number of carbonyl (C=O) groups is 4. The van der Waals surface area contributed by atoms with Crippen LogP contribution in [0.3, 0.4) is 0 Å². The lowest BCUT2D eigenvalue weighted by molar-refractivity contribution is -0.131. The first kappa shape index (κ1) is 56.1. The molecule has 1 saturated carbocycles. The van der Waals surface area contributed by atoms with Crippen LogP contribution in [-0.4, -0.2) is 89.4 Å². The van der Waals surface area contributed by atoms with E-state index in [0.29, 0.717) is 60.6 Å². The molecule has 23 heteroatoms. The summed E-state index contributed by atoms with van der Waals surface area (Å²) >= 11 is 8.57. The van der Waals surface area contributed by atoms with E-state index in [0.717, 1.165) is 59.3 Å². The molecule has 8 rings (SSSR count). The number of alkyl halides is 2. The predicted octanol–water partition coefficient (Wildman–Crippen LogP) is 9.22. The summed E-state index contributed by atoms with van der Waals surface area (Å²) < 4.78 is 74.7. The summed E-state index contributed by atoms with van der Waals surface area (Å²) in [6.45, 7) is 1.30. The van der Waals surface area contributed by atoms with Gasteiger partial charge in [0.2, 0.25) is 18.2 Å². The highest BCUT2D eigenvalue weighted by atomic mass is 35.5. The second kappa shape index (κ2) is 25.1. The molecular weight excluding hydrogens is 1030 g/mol. The summed E-state index contributed by atoms with van der Waals surface area (Å²) in [4.78, 5) is 59.0. The molecule has 14 nitrogen and oxygen atoms in total. The number of hydrogen-bond donors (Lipinski definition) is 3. The van der Waals surface area contributed by atoms with Crippen LogP contribution in [0.25, 0.3) is 0 Å². The van der Waals surface area contributed by atoms with Gasteiger partial charge in [-0.15, -0.1) is 0 Å². The Morgan fingerprint density at radius 1 is 1.03 bits per heavy atom. The number of aromatic nitrogens is 1. The fraction of sp³-hybridized carbons (Fsp3) is 0.300. The van der Waals surface area contributed by atoms with Crippen LogP contribution in [0, 0.1) is 28.8 Å². The number of nitrogens with two attached hydrogens (primary N) is 1. The van der Waals surface area contributed by atoms with E-state index in [1.807, 2.05) is 36.4 Å². The molecule has 2 atom stereocenters. The molecule has 4 aromatic carbocycles. The van der Waals surface area contributed by atoms with Crippen molar-refractivity contribution in [2.24, 2.45) is 10.8 Å². The fourth-order valence-electron chi connectivity index (χ4n) is 8.20. The molecule has 1 aliphatic carbocycles. The van der Waals surface area contributed by atoms with Crippen molar-refractivity contribution in [3.05, 3.63) is 154 Å². The highest BCUT2D eigenvalue weighted by Gasteiger charge is 2.50. The van der Waals surface area contributed by atoms with Crippen molar-refractivity contribution in [3.8, 4) is 6.07 Å². The van der Waals surface area contributed by atoms with Gasteiger partial charge in [0.05, 0.1) is 11.6 Å². The Balaban J connectivity index is 0.000000496. The highest BCUT2D eigenvalue weighted by molar-refractivity contribution is 8.15. The van der Waals surface area contributed by atoms with Gasteiger partial charge in [-0.25, -0.2) is 31.7 Å². The van der Waals surface area contributed by atoms with Crippen LogP contribution >= 0.6 is 48.8 Å². The van der Waals surface area contributed by atoms with Gasteiger partial charge in [0.25, 0.3) is 5.92 Å². The van der Waals surface area contributed by atoms with E-state index in [4.69, 9.17) is 22.6 Å². The zero-order valence-electron chi connectivity index (χ0n) is 39.1. The first-order valence-electron chi connectivity index (χ1n) is 22.6. The monoisotopic (exact) mass is 1080 g/mol. The number of benzene rings is 4. The molecule has 3 aliphatic rings. The standard InChI is InChI=1S/C40H39ClF5N7O3S2.C10H9N3O.H2S/c1-51(38(56)53-40(14-7-15-47,25-8-3-2-4-9-25)57-37(50-53)32-20-26(42)12-13-34(32)44)17-16-48-58-30-19-27(43)18-29(21-30)52(24-54)35(31-10-5-6-11-33(31)41)36(55)49-28-22-39(45,46)23-28;11-7-8-3-4-12-9(6-8)13-5-1-2-10(13)14;/h2-6,8-13,18-21,24,28,35,48H,7,14-17,22-23,47H2,1H3,(H,49,55);3-4,6H,1-2,5H2;1H2. The van der Waals surface area contributed by atoms with Crippen molar-refractivity contribution < 1.29 is 41.1 Å². The van der Waals surface area contributed by atoms with Gasteiger partial charge in [0.15, 0.2) is 0 Å². The molecule has 4 N–H and O–H groups in total. The number of halogens is 6. The maximum absolute atomic E-state index is 15.1. The van der Waals surface area contributed by atoms with E-state index in [-0.39, 0.29) is 59.4 Å². The smallest absolute Gasteiger partial charge is 0.341 e. The second-order valence-electron chi connectivity index (χ2n) is 16.9. The number of likely N-dealkylation sites (N-methyl/N-ethyl adjacent to an activating group) is 1. The van der Waals surface area contributed by atoms with Gasteiger partial charge in [0.1, 0.15) is 39.2 Å². The van der Waals surface area contributed by atoms with Gasteiger partial charge in [-0.3, -0.25) is 28.9 Å². The van der Waals surface area contributed by atoms with E-state index in [9.17, 15) is 32.3 Å². The molecule has 2 unspecified atom stereocenters. The fourth-order valence-corrected chi connectivity index (χ4v) is 10.6. The number of anilines is 2. The van der Waals surface area contributed by atoms with Crippen LogP contribution < -0.4 is 25.6 Å². The Kier molecular flexibility index (Phi) is 19.3. The Hall–Kier alpha value is -6.22. The van der Waals surface area contributed by atoms with Gasteiger partial charge in [-0.1, -0.05) is 71.9 Å². The normalized spacial score (nSPS) is 17.2. The van der Waals surface area contributed by atoms with Gasteiger partial charge in [-0.05, 0) is 97.9 Å². The van der Waals surface area contributed by atoms with E-state index >= 15 is 8.78 Å². The number of hydrogen-bond acceptors (Lipinski definition) is 11. The first-order chi connectivity index (χ1) is 34.6. The van der Waals surface area contributed by atoms with Crippen molar-refractivity contribution in [1.82, 2.24) is 24.9 Å². The number of carbonyl (C=O) groups excluding carboxylic acids is 4. The molecule has 2 fully saturated rings. The Bertz CT molecular complexity index is 2860. The number of thioether (sulfide) groups is 1. The average molecular weight is 1080 g/mol. The first-order valence-corrected chi connectivity index (χ1v) is 24.6. The maximum atomic E-state index is 15.1. The van der Waals surface area contributed by atoms with E-state index in [1.54, 1.807) is 42.4 Å². The number of nitrogens with one attached hydrogen (secondary N) is 2. The number of rotatable bonds is 17. The van der Waals surface area contributed by atoms with Crippen LogP contribution in [0.5, 0.6) is 0 Å². The molecule has 73 heavy (non-hydrogen) atoms. The Morgan fingerprint density at radius 2 is 1.77 bits per heavy atom. The number of pyridine rings is 1. The van der Waals surface area contributed by atoms with Gasteiger partial charge >= 0.3 is 6.03 Å². The quantitative estimate of drug-likeness (QED) is 0.0352. The number of amides is 5. The van der Waals surface area contributed by atoms with Crippen LogP contribution in [0.2, 0.25) is 5.02 Å². The van der Waals surface area contributed by atoms with E-state index in [2.05, 4.69) is 20.1 Å². The van der Waals surface area contributed by atoms with Gasteiger partial charge in [0, 0.05) is 84.9 Å². The molecule has 0 radical (unpaired) electrons. The summed E-state index contributed by atoms with van der Waals surface area (Å²) in [5.41, 5.74) is 7.28. The van der Waals surface area contributed by atoms with Crippen molar-refractivity contribution in [2.75, 3.05) is 43.0 Å². The third-order valence-corrected chi connectivity index (χ3v) is 14.4. The molecule has 384 valence electrons. The number of nitriles is 1. The third-order valence-electron chi connectivity index (χ3n) is 11.8. The van der Waals surface area contributed by atoms with Crippen molar-refractivity contribution in [3.63, 3.8) is 0 Å². The summed E-state index contributed by atoms with van der Waals surface area (Å²) in [6.07, 6.45) is 3.09. The molecule has 3 heterocycles. The SMILES string of the molecule is CN(CCNSc1cc(F)cc(N(C=O)C(C(=O)NC2CC(F)(F)C2)c2ccccc2Cl)c1)C(=O)N1N=C(c2cc(F)ccc2F)SC1(CCCN)c1ccccc1.N#Cc1ccnc(N2CCCC2=O)c1.S. The Labute approximate surface area is 439 Å². The number of nitrogens with zero attached hydrogens (tertiary/aromatic N) is 7. The van der Waals surface area contributed by atoms with Gasteiger partial charge < -0.3 is 16.0 Å². The molecule has 1 aromatic heterocycles. The number of urea groups is 1. The van der Waals surface area contributed by atoms with Crippen LogP contribution in [-0.2, 0) is 19.3 Å². The zero-order valence-corrected chi connectivity index (χ0v) is 42.5. The van der Waals surface area contributed by atoms with Crippen molar-refractivity contribution >= 4 is 89.6 Å². The second-order valence-corrected chi connectivity index (χ2v) is 19.5. The summed E-state index contributed by atoms with van der Waals surface area (Å²) in [6, 6.07) is 24.7. The van der Waals surface area contributed by atoms with E-state index in [1.165, 1.54) is 34.2 Å². The van der Waals surface area contributed by atoms with E-state index < -0.39 is 65.1 Å². The van der Waals surface area contributed by atoms with Crippen molar-refractivity contribution in [2.45, 2.75) is 66.3 Å². The van der Waals surface area contributed by atoms with Crippen molar-refractivity contribution in [1.29, 1.82) is 5.26 Å². The number of hydrazone groups is 1. The maximum Gasteiger partial charge on any atom is 0.341 e. The zero-order chi connectivity index (χ0) is 51.6. The van der Waals surface area contributed by atoms with Crippen LogP contribution in [0.15, 0.2) is 119 Å². The minimum absolute atomic E-state index is 0. The van der Waals surface area contributed by atoms with Crippen LogP contribution in [0.1, 0.15) is 66.8 Å². The topological polar surface area (TPSA) is 180 Å². The lowest BCUT2D eigenvalue weighted by Gasteiger charge is -2.37. The minimum atomic E-state index is -2.90. The molecule has 5 aromatic rings. The predicted molar refractivity (Wildman–Crippen MR) is 277 cm³/mol. The Morgan fingerprint density at radius 3 is 2.44 bits per heavy atom. The lowest BCUT2D eigenvalue weighted by Crippen LogP contribution is -2.53.